The van der Waals surface area contributed by atoms with Crippen LogP contribution in [0.15, 0.2) is 45.2 Å². The molecule has 2 aromatic heterocycles. The molecule has 0 fully saturated rings. The van der Waals surface area contributed by atoms with Crippen LogP contribution < -0.4 is 0 Å². The van der Waals surface area contributed by atoms with E-state index in [2.05, 4.69) is 10.2 Å². The number of nitrogens with zero attached hydrogens (tertiary/aromatic N) is 4. The van der Waals surface area contributed by atoms with Gasteiger partial charge in [-0.1, -0.05) is 23.5 Å². The third-order valence-electron chi connectivity index (χ3n) is 3.16. The van der Waals surface area contributed by atoms with E-state index >= 15 is 0 Å². The van der Waals surface area contributed by atoms with E-state index in [-0.39, 0.29) is 20.8 Å². The highest BCUT2D eigenvalue weighted by Gasteiger charge is 2.24. The van der Waals surface area contributed by atoms with Gasteiger partial charge >= 0.3 is 5.88 Å². The molecule has 0 atom stereocenters. The Morgan fingerprint density at radius 1 is 1.00 bits per heavy atom. The van der Waals surface area contributed by atoms with E-state index in [9.17, 15) is 28.6 Å². The maximum atomic E-state index is 12.4. The maximum absolute atomic E-state index is 12.4. The standard InChI is InChI=1S/C13H8N4O7S2/c18-16(19)9-3-1-8(2-4-9)7-26(22,23)13-15-14-12(25-13)10-5-6-11(24-10)17(20)21/h1-6H,7H2. The van der Waals surface area contributed by atoms with Crippen molar-refractivity contribution in [2.75, 3.05) is 0 Å². The summed E-state index contributed by atoms with van der Waals surface area (Å²) in [5.41, 5.74) is 0.199. The average Bonchev–Trinajstić information content (AvgIpc) is 3.24. The Balaban J connectivity index is 1.82. The molecule has 0 spiro atoms. The molecule has 0 N–H and O–H groups in total. The molecule has 11 nitrogen and oxygen atoms in total. The second-order valence-electron chi connectivity index (χ2n) is 4.95. The fraction of sp³-hybridized carbons (Fsp3) is 0.0769. The number of furan rings is 1. The monoisotopic (exact) mass is 396 g/mol. The molecule has 134 valence electrons. The zero-order chi connectivity index (χ0) is 18.9. The Kier molecular flexibility index (Phi) is 4.48. The Hall–Kier alpha value is -3.19. The van der Waals surface area contributed by atoms with Gasteiger partial charge in [-0.2, -0.15) is 0 Å². The molecule has 1 aromatic carbocycles. The van der Waals surface area contributed by atoms with E-state index in [0.717, 1.165) is 6.07 Å². The molecule has 0 aliphatic heterocycles. The van der Waals surface area contributed by atoms with Crippen molar-refractivity contribution < 1.29 is 22.7 Å². The second kappa shape index (κ2) is 6.61. The van der Waals surface area contributed by atoms with Crippen LogP contribution in [0.25, 0.3) is 10.8 Å². The Labute approximate surface area is 149 Å². The highest BCUT2D eigenvalue weighted by Crippen LogP contribution is 2.31. The Morgan fingerprint density at radius 2 is 1.69 bits per heavy atom. The van der Waals surface area contributed by atoms with E-state index in [1.165, 1.54) is 30.3 Å². The zero-order valence-corrected chi connectivity index (χ0v) is 14.3. The summed E-state index contributed by atoms with van der Waals surface area (Å²) < 4.78 is 29.5. The fourth-order valence-electron chi connectivity index (χ4n) is 1.97. The minimum Gasteiger partial charge on any atom is -0.398 e. The van der Waals surface area contributed by atoms with Crippen LogP contribution in [0.2, 0.25) is 0 Å². The smallest absolute Gasteiger partial charge is 0.398 e. The highest BCUT2D eigenvalue weighted by molar-refractivity contribution is 7.92. The van der Waals surface area contributed by atoms with Crippen LogP contribution in [0.1, 0.15) is 5.56 Å². The lowest BCUT2D eigenvalue weighted by atomic mass is 10.2. The largest absolute Gasteiger partial charge is 0.433 e. The molecule has 0 saturated carbocycles. The Morgan fingerprint density at radius 3 is 2.27 bits per heavy atom. The van der Waals surface area contributed by atoms with Crippen molar-refractivity contribution in [2.45, 2.75) is 10.1 Å². The minimum absolute atomic E-state index is 0.0333. The van der Waals surface area contributed by atoms with Crippen molar-refractivity contribution in [1.82, 2.24) is 10.2 Å². The Bertz CT molecular complexity index is 1090. The van der Waals surface area contributed by atoms with Crippen molar-refractivity contribution in [2.24, 2.45) is 0 Å². The highest BCUT2D eigenvalue weighted by atomic mass is 32.2. The number of hydrogen-bond donors (Lipinski definition) is 0. The van der Waals surface area contributed by atoms with Gasteiger partial charge in [-0.15, -0.1) is 10.2 Å². The third kappa shape index (κ3) is 3.57. The van der Waals surface area contributed by atoms with E-state index in [1.54, 1.807) is 0 Å². The summed E-state index contributed by atoms with van der Waals surface area (Å²) in [6, 6.07) is 7.52. The van der Waals surface area contributed by atoms with Crippen LogP contribution in [0.3, 0.4) is 0 Å². The molecule has 3 rings (SSSR count). The molecule has 0 radical (unpaired) electrons. The second-order valence-corrected chi connectivity index (χ2v) is 8.09. The first-order chi connectivity index (χ1) is 12.3. The molecule has 0 aliphatic carbocycles. The number of hydrogen-bond acceptors (Lipinski definition) is 10. The van der Waals surface area contributed by atoms with Crippen molar-refractivity contribution in [3.05, 3.63) is 62.2 Å². The van der Waals surface area contributed by atoms with Gasteiger partial charge in [0.25, 0.3) is 5.69 Å². The predicted octanol–water partition coefficient (Wildman–Crippen LogP) is 2.59. The van der Waals surface area contributed by atoms with Gasteiger partial charge in [0, 0.05) is 12.1 Å². The summed E-state index contributed by atoms with van der Waals surface area (Å²) in [7, 11) is -3.84. The van der Waals surface area contributed by atoms with Gasteiger partial charge in [-0.25, -0.2) is 8.42 Å². The molecule has 2 heterocycles. The van der Waals surface area contributed by atoms with Crippen LogP contribution in [-0.4, -0.2) is 28.5 Å². The van der Waals surface area contributed by atoms with Crippen molar-refractivity contribution >= 4 is 32.7 Å². The maximum Gasteiger partial charge on any atom is 0.433 e. The predicted molar refractivity (Wildman–Crippen MR) is 88.3 cm³/mol. The third-order valence-corrected chi connectivity index (χ3v) is 6.23. The lowest BCUT2D eigenvalue weighted by Gasteiger charge is -2.00. The molecule has 0 unspecified atom stereocenters. The summed E-state index contributed by atoms with van der Waals surface area (Å²) in [6.07, 6.45) is 0. The summed E-state index contributed by atoms with van der Waals surface area (Å²) in [5, 5.41) is 28.6. The van der Waals surface area contributed by atoms with E-state index in [1.807, 2.05) is 0 Å². The lowest BCUT2D eigenvalue weighted by molar-refractivity contribution is -0.401. The number of non-ortho nitro benzene ring substituents is 1. The van der Waals surface area contributed by atoms with Crippen LogP contribution in [-0.2, 0) is 15.6 Å². The van der Waals surface area contributed by atoms with Crippen LogP contribution in [0.5, 0.6) is 0 Å². The van der Waals surface area contributed by atoms with E-state index in [4.69, 9.17) is 4.42 Å². The van der Waals surface area contributed by atoms with E-state index < -0.39 is 31.3 Å². The average molecular weight is 396 g/mol. The number of benzene rings is 1. The normalized spacial score (nSPS) is 11.4. The lowest BCUT2D eigenvalue weighted by Crippen LogP contribution is -2.04. The molecule has 26 heavy (non-hydrogen) atoms. The quantitative estimate of drug-likeness (QED) is 0.450. The summed E-state index contributed by atoms with van der Waals surface area (Å²) in [5.74, 6) is -0.880. The van der Waals surface area contributed by atoms with Crippen LogP contribution in [0, 0.1) is 20.2 Å². The van der Waals surface area contributed by atoms with Gasteiger partial charge in [-0.05, 0) is 11.6 Å². The fourth-order valence-corrected chi connectivity index (χ4v) is 4.35. The summed E-state index contributed by atoms with van der Waals surface area (Å²) >= 11 is 0.710. The zero-order valence-electron chi connectivity index (χ0n) is 12.6. The molecular formula is C13H8N4O7S2. The minimum atomic E-state index is -3.84. The van der Waals surface area contributed by atoms with E-state index in [0.29, 0.717) is 16.9 Å². The first-order valence-corrected chi connectivity index (χ1v) is 9.27. The molecule has 3 aromatic rings. The molecule has 13 heteroatoms. The molecule has 0 amide bonds. The van der Waals surface area contributed by atoms with Gasteiger partial charge in [0.2, 0.25) is 14.2 Å². The summed E-state index contributed by atoms with van der Waals surface area (Å²) in [4.78, 5) is 19.9. The SMILES string of the molecule is O=[N+]([O-])c1ccc(CS(=O)(=O)c2nnc(-c3ccc([N+](=O)[O-])o3)s2)cc1. The van der Waals surface area contributed by atoms with Crippen LogP contribution in [0.4, 0.5) is 11.6 Å². The number of sulfone groups is 1. The van der Waals surface area contributed by atoms with Crippen LogP contribution >= 0.6 is 11.3 Å². The van der Waals surface area contributed by atoms with Crippen molar-refractivity contribution in [3.63, 3.8) is 0 Å². The molecule has 0 saturated heterocycles. The first kappa shape index (κ1) is 17.6. The van der Waals surface area contributed by atoms with Gasteiger partial charge in [0.05, 0.1) is 16.7 Å². The van der Waals surface area contributed by atoms with Gasteiger partial charge in [0.15, 0.2) is 10.8 Å². The van der Waals surface area contributed by atoms with Gasteiger partial charge in [0.1, 0.15) is 4.92 Å². The van der Waals surface area contributed by atoms with Crippen molar-refractivity contribution in [3.8, 4) is 10.8 Å². The number of nitro benzene ring substituents is 1. The number of nitro groups is 2. The molecule has 0 bridgehead atoms. The topological polar surface area (TPSA) is 159 Å². The first-order valence-electron chi connectivity index (χ1n) is 6.80. The molecule has 0 aliphatic rings. The van der Waals surface area contributed by atoms with Gasteiger partial charge < -0.3 is 4.42 Å². The van der Waals surface area contributed by atoms with Gasteiger partial charge in [-0.3, -0.25) is 20.2 Å². The molecular weight excluding hydrogens is 388 g/mol. The summed E-state index contributed by atoms with van der Waals surface area (Å²) in [6.45, 7) is 0. The number of aromatic nitrogens is 2. The van der Waals surface area contributed by atoms with Crippen molar-refractivity contribution in [1.29, 1.82) is 0 Å². The number of rotatable bonds is 6.